The van der Waals surface area contributed by atoms with Crippen molar-refractivity contribution in [2.45, 2.75) is 71.8 Å². The Labute approximate surface area is 168 Å². The van der Waals surface area contributed by atoms with Gasteiger partial charge in [0.1, 0.15) is 5.78 Å². The topological polar surface area (TPSA) is 72.8 Å². The molecule has 4 rings (SSSR count). The molecule has 0 amide bonds. The first-order chi connectivity index (χ1) is 13.2. The van der Waals surface area contributed by atoms with Crippen LogP contribution < -0.4 is 0 Å². The Morgan fingerprint density at radius 3 is 2.64 bits per heavy atom. The minimum atomic E-state index is -0.595. The molecule has 1 N–H and O–H groups in total. The monoisotopic (exact) mass is 392 g/mol. The Morgan fingerprint density at radius 1 is 1.21 bits per heavy atom. The number of aliphatic hydroxyl groups excluding tert-OH is 1. The summed E-state index contributed by atoms with van der Waals surface area (Å²) in [6, 6.07) is 0. The third-order valence-corrected chi connectivity index (χ3v) is 9.31. The van der Waals surface area contributed by atoms with Crippen molar-refractivity contribution < 1.29 is 24.2 Å². The number of hydrogen-bond acceptors (Lipinski definition) is 5. The molecule has 1 unspecified atom stereocenters. The molecule has 0 heterocycles. The van der Waals surface area contributed by atoms with E-state index in [0.717, 1.165) is 38.5 Å². The molecule has 1 spiro atoms. The summed E-state index contributed by atoms with van der Waals surface area (Å²) in [6.07, 6.45) is 6.15. The lowest BCUT2D eigenvalue weighted by molar-refractivity contribution is -0.207. The molecule has 28 heavy (non-hydrogen) atoms. The molecule has 0 radical (unpaired) electrons. The molecule has 2 bridgehead atoms. The highest BCUT2D eigenvalue weighted by atomic mass is 16.5. The van der Waals surface area contributed by atoms with E-state index in [2.05, 4.69) is 13.8 Å². The van der Waals surface area contributed by atoms with Crippen LogP contribution in [0.3, 0.4) is 0 Å². The molecule has 8 atom stereocenters. The SMILES string of the molecule is COCC1C(=O)[C@]23C[C@H]1CC[C@H]2[C@]1(C)CCC[C@](C)(COC(C)=O)[C@H]1C[C@H]3O. The number of aliphatic hydroxyl groups is 1. The average molecular weight is 393 g/mol. The quantitative estimate of drug-likeness (QED) is 0.743. The van der Waals surface area contributed by atoms with Gasteiger partial charge in [-0.2, -0.15) is 0 Å². The second-order valence-corrected chi connectivity index (χ2v) is 10.7. The number of hydrogen-bond donors (Lipinski definition) is 1. The molecular weight excluding hydrogens is 356 g/mol. The van der Waals surface area contributed by atoms with Gasteiger partial charge < -0.3 is 14.6 Å². The number of rotatable bonds is 4. The highest BCUT2D eigenvalue weighted by Crippen LogP contribution is 2.71. The first kappa shape index (κ1) is 20.3. The number of fused-ring (bicyclic) bond motifs is 3. The van der Waals surface area contributed by atoms with Gasteiger partial charge in [-0.15, -0.1) is 0 Å². The summed E-state index contributed by atoms with van der Waals surface area (Å²) in [5.74, 6) is 0.813. The van der Waals surface area contributed by atoms with E-state index in [1.807, 2.05) is 0 Å². The van der Waals surface area contributed by atoms with E-state index >= 15 is 0 Å². The Hall–Kier alpha value is -0.940. The fourth-order valence-electron chi connectivity index (χ4n) is 8.19. The number of ketones is 1. The van der Waals surface area contributed by atoms with Crippen molar-refractivity contribution in [1.82, 2.24) is 0 Å². The zero-order chi connectivity index (χ0) is 20.3. The van der Waals surface area contributed by atoms with E-state index in [9.17, 15) is 14.7 Å². The summed E-state index contributed by atoms with van der Waals surface area (Å²) in [5.41, 5.74) is -0.711. The molecule has 0 aromatic rings. The predicted molar refractivity (Wildman–Crippen MR) is 104 cm³/mol. The third-order valence-electron chi connectivity index (χ3n) is 9.31. The standard InChI is InChI=1S/C23H36O5/c1-14(24)28-13-21(2)8-5-9-22(3)17-7-6-15-11-23(17,19(25)10-18(21)22)20(26)16(15)12-27-4/h15-19,25H,5-13H2,1-4H3/t15-,16?,17+,18-,19-,21-,22+,23-/m1/s1. The Morgan fingerprint density at radius 2 is 1.96 bits per heavy atom. The molecule has 4 saturated carbocycles. The summed E-state index contributed by atoms with van der Waals surface area (Å²) in [6.45, 7) is 6.94. The molecule has 5 nitrogen and oxygen atoms in total. The first-order valence-corrected chi connectivity index (χ1v) is 11.0. The third kappa shape index (κ3) is 2.64. The van der Waals surface area contributed by atoms with Crippen LogP contribution in [-0.4, -0.2) is 43.3 Å². The van der Waals surface area contributed by atoms with Gasteiger partial charge in [-0.05, 0) is 61.7 Å². The van der Waals surface area contributed by atoms with Gasteiger partial charge in [-0.25, -0.2) is 0 Å². The maximum absolute atomic E-state index is 13.6. The fraction of sp³-hybridized carbons (Fsp3) is 0.913. The van der Waals surface area contributed by atoms with Gasteiger partial charge >= 0.3 is 5.97 Å². The van der Waals surface area contributed by atoms with Gasteiger partial charge in [0.25, 0.3) is 0 Å². The molecule has 0 aromatic heterocycles. The molecule has 4 aliphatic carbocycles. The minimum Gasteiger partial charge on any atom is -0.465 e. The normalized spacial score (nSPS) is 50.0. The molecular formula is C23H36O5. The lowest BCUT2D eigenvalue weighted by Crippen LogP contribution is -2.64. The molecule has 0 saturated heterocycles. The van der Waals surface area contributed by atoms with Crippen molar-refractivity contribution in [1.29, 1.82) is 0 Å². The summed E-state index contributed by atoms with van der Waals surface area (Å²) < 4.78 is 10.9. The Bertz CT molecular complexity index is 661. The lowest BCUT2D eigenvalue weighted by Gasteiger charge is -2.64. The lowest BCUT2D eigenvalue weighted by atomic mass is 9.40. The minimum absolute atomic E-state index is 0.00890. The summed E-state index contributed by atoms with van der Waals surface area (Å²) in [7, 11) is 1.67. The van der Waals surface area contributed by atoms with Crippen LogP contribution in [0.25, 0.3) is 0 Å². The van der Waals surface area contributed by atoms with E-state index < -0.39 is 11.5 Å². The molecule has 0 aromatic carbocycles. The van der Waals surface area contributed by atoms with Crippen molar-refractivity contribution in [2.24, 2.45) is 39.9 Å². The fourth-order valence-corrected chi connectivity index (χ4v) is 8.19. The highest BCUT2D eigenvalue weighted by Gasteiger charge is 2.71. The van der Waals surface area contributed by atoms with E-state index in [1.165, 1.54) is 6.92 Å². The number of carbonyl (C=O) groups excluding carboxylic acids is 2. The zero-order valence-electron chi connectivity index (χ0n) is 17.8. The maximum Gasteiger partial charge on any atom is 0.302 e. The second-order valence-electron chi connectivity index (χ2n) is 10.7. The van der Waals surface area contributed by atoms with E-state index in [0.29, 0.717) is 25.6 Å². The van der Waals surface area contributed by atoms with Gasteiger partial charge in [-0.1, -0.05) is 20.3 Å². The van der Waals surface area contributed by atoms with Gasteiger partial charge in [0.2, 0.25) is 0 Å². The molecule has 5 heteroatoms. The van der Waals surface area contributed by atoms with Crippen molar-refractivity contribution in [3.8, 4) is 0 Å². The predicted octanol–water partition coefficient (Wildman–Crippen LogP) is 3.37. The second kappa shape index (κ2) is 6.80. The summed E-state index contributed by atoms with van der Waals surface area (Å²) in [5, 5.41) is 11.4. The van der Waals surface area contributed by atoms with Crippen LogP contribution in [0, 0.1) is 39.9 Å². The van der Waals surface area contributed by atoms with Crippen LogP contribution in [0.2, 0.25) is 0 Å². The van der Waals surface area contributed by atoms with E-state index in [-0.39, 0.29) is 40.3 Å². The number of ether oxygens (including phenoxy) is 2. The van der Waals surface area contributed by atoms with Gasteiger partial charge in [0.05, 0.1) is 24.7 Å². The van der Waals surface area contributed by atoms with Crippen molar-refractivity contribution in [3.63, 3.8) is 0 Å². The first-order valence-electron chi connectivity index (χ1n) is 11.0. The van der Waals surface area contributed by atoms with Crippen LogP contribution in [0.4, 0.5) is 0 Å². The number of carbonyl (C=O) groups is 2. The summed E-state index contributed by atoms with van der Waals surface area (Å²) >= 11 is 0. The van der Waals surface area contributed by atoms with Crippen LogP contribution >= 0.6 is 0 Å². The number of methoxy groups -OCH3 is 1. The molecule has 0 aliphatic heterocycles. The van der Waals surface area contributed by atoms with Crippen LogP contribution in [0.15, 0.2) is 0 Å². The Kier molecular flexibility index (Phi) is 4.94. The van der Waals surface area contributed by atoms with E-state index in [4.69, 9.17) is 9.47 Å². The number of esters is 1. The maximum atomic E-state index is 13.6. The molecule has 158 valence electrons. The smallest absolute Gasteiger partial charge is 0.302 e. The van der Waals surface area contributed by atoms with Crippen LogP contribution in [-0.2, 0) is 19.1 Å². The molecule has 4 fully saturated rings. The van der Waals surface area contributed by atoms with Crippen molar-refractivity contribution >= 4 is 11.8 Å². The van der Waals surface area contributed by atoms with Gasteiger partial charge in [0.15, 0.2) is 0 Å². The van der Waals surface area contributed by atoms with Crippen molar-refractivity contribution in [2.75, 3.05) is 20.3 Å². The van der Waals surface area contributed by atoms with Gasteiger partial charge in [0, 0.05) is 25.4 Å². The average Bonchev–Trinajstić information content (AvgIpc) is 2.85. The van der Waals surface area contributed by atoms with Crippen molar-refractivity contribution in [3.05, 3.63) is 0 Å². The highest BCUT2D eigenvalue weighted by molar-refractivity contribution is 5.91. The summed E-state index contributed by atoms with van der Waals surface area (Å²) in [4.78, 5) is 25.1. The van der Waals surface area contributed by atoms with Crippen LogP contribution in [0.5, 0.6) is 0 Å². The zero-order valence-corrected chi connectivity index (χ0v) is 17.8. The largest absolute Gasteiger partial charge is 0.465 e. The van der Waals surface area contributed by atoms with Gasteiger partial charge in [-0.3, -0.25) is 9.59 Å². The van der Waals surface area contributed by atoms with E-state index in [1.54, 1.807) is 7.11 Å². The Balaban J connectivity index is 1.70. The van der Waals surface area contributed by atoms with Crippen LogP contribution in [0.1, 0.15) is 65.7 Å². The molecule has 4 aliphatic rings. The number of Topliss-reactive ketones (excluding diaryl/α,β-unsaturated/α-hetero) is 1.